The smallest absolute Gasteiger partial charge is 0.240 e. The van der Waals surface area contributed by atoms with Crippen LogP contribution in [0.15, 0.2) is 83.9 Å². The monoisotopic (exact) mass is 664 g/mol. The van der Waals surface area contributed by atoms with Gasteiger partial charge in [0.05, 0.1) is 28.6 Å². The van der Waals surface area contributed by atoms with Gasteiger partial charge < -0.3 is 27.8 Å². The molecule has 0 radical (unpaired) electrons. The largest absolute Gasteiger partial charge is 0.399 e. The lowest BCUT2D eigenvalue weighted by Crippen LogP contribution is -2.51. The zero-order valence-electron chi connectivity index (χ0n) is 24.9. The first kappa shape index (κ1) is 34.0. The SMILES string of the molecule is NC(N)=NCCC[C@@H](NS(=O)(=O)Cc1ccccc1)C(=O)NCC(=O)N[C@@H](Cc1ccc(N)cc1)C(=O)c1nc2ccccc2s1. The van der Waals surface area contributed by atoms with Gasteiger partial charge in [0.25, 0.3) is 0 Å². The van der Waals surface area contributed by atoms with Crippen molar-refractivity contribution in [3.05, 3.63) is 95.0 Å². The van der Waals surface area contributed by atoms with Gasteiger partial charge in [-0.3, -0.25) is 19.4 Å². The maximum absolute atomic E-state index is 13.6. The van der Waals surface area contributed by atoms with Crippen molar-refractivity contribution in [2.75, 3.05) is 18.8 Å². The van der Waals surface area contributed by atoms with Crippen molar-refractivity contribution in [2.45, 2.75) is 37.1 Å². The number of aromatic nitrogens is 1. The molecule has 0 saturated heterocycles. The first-order valence-electron chi connectivity index (χ1n) is 14.4. The van der Waals surface area contributed by atoms with E-state index in [0.29, 0.717) is 16.8 Å². The Morgan fingerprint density at radius 2 is 1.59 bits per heavy atom. The van der Waals surface area contributed by atoms with Gasteiger partial charge in [-0.15, -0.1) is 11.3 Å². The molecule has 13 nitrogen and oxygen atoms in total. The summed E-state index contributed by atoms with van der Waals surface area (Å²) in [6.45, 7) is -0.331. The van der Waals surface area contributed by atoms with Crippen molar-refractivity contribution in [3.63, 3.8) is 0 Å². The van der Waals surface area contributed by atoms with Gasteiger partial charge in [0.1, 0.15) is 6.04 Å². The average molecular weight is 665 g/mol. The van der Waals surface area contributed by atoms with Gasteiger partial charge in [0.15, 0.2) is 11.0 Å². The number of hydrogen-bond acceptors (Lipinski definition) is 9. The maximum atomic E-state index is 13.6. The molecule has 0 aliphatic heterocycles. The first-order valence-corrected chi connectivity index (χ1v) is 16.9. The Kier molecular flexibility index (Phi) is 11.8. The summed E-state index contributed by atoms with van der Waals surface area (Å²) in [6, 6.07) is 20.6. The van der Waals surface area contributed by atoms with Crippen molar-refractivity contribution < 1.29 is 22.8 Å². The molecule has 1 aromatic heterocycles. The number of ketones is 1. The number of hydrogen-bond donors (Lipinski definition) is 6. The minimum absolute atomic E-state index is 0.0636. The molecular weight excluding hydrogens is 629 g/mol. The lowest BCUT2D eigenvalue weighted by molar-refractivity contribution is -0.127. The topological polar surface area (TPSA) is 225 Å². The van der Waals surface area contributed by atoms with Crippen molar-refractivity contribution in [1.29, 1.82) is 0 Å². The summed E-state index contributed by atoms with van der Waals surface area (Å²) in [5.74, 6) is -2.22. The molecule has 3 aromatic carbocycles. The third-order valence-corrected chi connectivity index (χ3v) is 9.19. The van der Waals surface area contributed by atoms with Crippen LogP contribution in [0.1, 0.15) is 33.8 Å². The quantitative estimate of drug-likeness (QED) is 0.0335. The summed E-state index contributed by atoms with van der Waals surface area (Å²) < 4.78 is 29.1. The predicted molar refractivity (Wildman–Crippen MR) is 179 cm³/mol. The number of guanidine groups is 1. The van der Waals surface area contributed by atoms with E-state index in [1.165, 1.54) is 11.3 Å². The molecule has 1 heterocycles. The molecule has 0 saturated carbocycles. The summed E-state index contributed by atoms with van der Waals surface area (Å²) in [4.78, 5) is 48.2. The number of amides is 2. The second-order valence-corrected chi connectivity index (χ2v) is 13.3. The van der Waals surface area contributed by atoms with E-state index in [-0.39, 0.29) is 48.3 Å². The van der Waals surface area contributed by atoms with Crippen molar-refractivity contribution >= 4 is 60.8 Å². The lowest BCUT2D eigenvalue weighted by Gasteiger charge is -2.20. The molecule has 46 heavy (non-hydrogen) atoms. The molecule has 0 spiro atoms. The molecule has 4 aromatic rings. The maximum Gasteiger partial charge on any atom is 0.240 e. The molecule has 242 valence electrons. The van der Waals surface area contributed by atoms with Crippen LogP contribution in [-0.2, 0) is 31.8 Å². The Morgan fingerprint density at radius 1 is 0.891 bits per heavy atom. The van der Waals surface area contributed by atoms with Gasteiger partial charge in [-0.05, 0) is 48.2 Å². The number of nitrogens with two attached hydrogens (primary N) is 3. The van der Waals surface area contributed by atoms with Crippen LogP contribution in [0.3, 0.4) is 0 Å². The molecule has 2 atom stereocenters. The number of Topliss-reactive ketones (excluding diaryl/α,β-unsaturated/α-hetero) is 1. The van der Waals surface area contributed by atoms with Crippen LogP contribution in [0.4, 0.5) is 5.69 Å². The number of benzene rings is 3. The minimum Gasteiger partial charge on any atom is -0.399 e. The number of fused-ring (bicyclic) bond motifs is 1. The molecule has 0 aliphatic carbocycles. The van der Waals surface area contributed by atoms with Crippen LogP contribution in [-0.4, -0.2) is 62.1 Å². The molecule has 0 bridgehead atoms. The number of aliphatic imine (C=N–C) groups is 1. The van der Waals surface area contributed by atoms with Crippen LogP contribution in [0.2, 0.25) is 0 Å². The standard InChI is InChI=1S/C31H36N8O5S2/c32-22-14-12-20(13-15-22)17-25(28(41)30-38-23-9-4-5-11-26(23)45-30)37-27(40)18-36-29(42)24(10-6-16-35-31(33)34)39-46(43,44)19-21-7-2-1-3-8-21/h1-5,7-9,11-15,24-25,39H,6,10,16-19,32H2,(H,36,42)(H,37,40)(H4,33,34,35)/t24-,25+/m1/s1. The van der Waals surface area contributed by atoms with E-state index < -0.39 is 40.5 Å². The molecule has 4 rings (SSSR count). The number of nitrogens with zero attached hydrogens (tertiary/aromatic N) is 2. The van der Waals surface area contributed by atoms with Crippen LogP contribution in [0.5, 0.6) is 0 Å². The molecule has 0 fully saturated rings. The molecule has 0 aliphatic rings. The molecule has 15 heteroatoms. The van der Waals surface area contributed by atoms with Crippen molar-refractivity contribution in [1.82, 2.24) is 20.3 Å². The average Bonchev–Trinajstić information content (AvgIpc) is 3.46. The van der Waals surface area contributed by atoms with Crippen LogP contribution >= 0.6 is 11.3 Å². The first-order chi connectivity index (χ1) is 22.0. The number of nitrogens with one attached hydrogen (secondary N) is 3. The van der Waals surface area contributed by atoms with Gasteiger partial charge in [0, 0.05) is 18.7 Å². The molecular formula is C31H36N8O5S2. The third kappa shape index (κ3) is 10.4. The highest BCUT2D eigenvalue weighted by Crippen LogP contribution is 2.23. The minimum atomic E-state index is -3.94. The third-order valence-electron chi connectivity index (χ3n) is 6.78. The van der Waals surface area contributed by atoms with Crippen molar-refractivity contribution in [3.8, 4) is 0 Å². The zero-order valence-corrected chi connectivity index (χ0v) is 26.5. The van der Waals surface area contributed by atoms with Gasteiger partial charge in [0.2, 0.25) is 27.6 Å². The highest BCUT2D eigenvalue weighted by Gasteiger charge is 2.28. The Morgan fingerprint density at radius 3 is 2.28 bits per heavy atom. The fourth-order valence-electron chi connectivity index (χ4n) is 4.56. The second kappa shape index (κ2) is 15.9. The second-order valence-electron chi connectivity index (χ2n) is 10.5. The Bertz CT molecular complexity index is 1760. The molecule has 9 N–H and O–H groups in total. The number of thiazole rings is 1. The van der Waals surface area contributed by atoms with Crippen molar-refractivity contribution in [2.24, 2.45) is 16.5 Å². The van der Waals surface area contributed by atoms with Crippen LogP contribution < -0.4 is 32.6 Å². The Labute approximate surface area is 270 Å². The number of carbonyl (C=O) groups is 3. The zero-order chi connectivity index (χ0) is 33.1. The Balaban J connectivity index is 1.44. The van der Waals surface area contributed by atoms with Gasteiger partial charge >= 0.3 is 0 Å². The van der Waals surface area contributed by atoms with Crippen LogP contribution in [0.25, 0.3) is 10.2 Å². The van der Waals surface area contributed by atoms with E-state index >= 15 is 0 Å². The fraction of sp³-hybridized carbons (Fsp3) is 0.258. The number of para-hydroxylation sites is 1. The number of carbonyl (C=O) groups excluding carboxylic acids is 3. The number of rotatable bonds is 16. The van der Waals surface area contributed by atoms with E-state index in [4.69, 9.17) is 17.2 Å². The van der Waals surface area contributed by atoms with E-state index in [1.807, 2.05) is 18.2 Å². The van der Waals surface area contributed by atoms with Crippen LogP contribution in [0, 0.1) is 0 Å². The van der Waals surface area contributed by atoms with Gasteiger partial charge in [-0.2, -0.15) is 0 Å². The highest BCUT2D eigenvalue weighted by atomic mass is 32.2. The van der Waals surface area contributed by atoms with E-state index in [9.17, 15) is 22.8 Å². The van der Waals surface area contributed by atoms with E-state index in [1.54, 1.807) is 60.7 Å². The number of anilines is 1. The highest BCUT2D eigenvalue weighted by molar-refractivity contribution is 7.88. The summed E-state index contributed by atoms with van der Waals surface area (Å²) in [5.41, 5.74) is 19.1. The fourth-order valence-corrected chi connectivity index (χ4v) is 6.89. The van der Waals surface area contributed by atoms with E-state index in [0.717, 1.165) is 10.3 Å². The molecule has 2 amide bonds. The summed E-state index contributed by atoms with van der Waals surface area (Å²) in [6.07, 6.45) is 0.506. The summed E-state index contributed by atoms with van der Waals surface area (Å²) in [5, 5.41) is 5.44. The lowest BCUT2D eigenvalue weighted by atomic mass is 10.0. The summed E-state index contributed by atoms with van der Waals surface area (Å²) >= 11 is 1.22. The van der Waals surface area contributed by atoms with Gasteiger partial charge in [-0.1, -0.05) is 54.6 Å². The van der Waals surface area contributed by atoms with Gasteiger partial charge in [-0.25, -0.2) is 18.1 Å². The number of nitrogen functional groups attached to an aromatic ring is 1. The Hall–Kier alpha value is -4.86. The normalized spacial score (nSPS) is 12.6. The number of sulfonamides is 1. The van der Waals surface area contributed by atoms with E-state index in [2.05, 4.69) is 25.3 Å². The molecule has 0 unspecified atom stereocenters. The predicted octanol–water partition coefficient (Wildman–Crippen LogP) is 1.45. The summed E-state index contributed by atoms with van der Waals surface area (Å²) in [7, 11) is -3.94.